The van der Waals surface area contributed by atoms with Gasteiger partial charge in [-0.15, -0.1) is 0 Å². The number of Topliss-reactive ketones (excluding diaryl/α,β-unsaturated/α-hetero) is 1. The fourth-order valence-electron chi connectivity index (χ4n) is 3.52. The van der Waals surface area contributed by atoms with Gasteiger partial charge >= 0.3 is 0 Å². The maximum Gasteiger partial charge on any atom is 0.210 e. The SMILES string of the molecule is CCC1(CC)OC(c2ccc(CS(=O)O)cc2)=C(c2ccc(OC)c(F)c2)C1=O. The van der Waals surface area contributed by atoms with Crippen molar-refractivity contribution in [3.63, 3.8) is 0 Å². The van der Waals surface area contributed by atoms with Crippen LogP contribution in [0.2, 0.25) is 0 Å². The smallest absolute Gasteiger partial charge is 0.210 e. The lowest BCUT2D eigenvalue weighted by atomic mass is 9.86. The highest BCUT2D eigenvalue weighted by atomic mass is 32.2. The number of ether oxygens (including phenoxy) is 2. The van der Waals surface area contributed by atoms with Gasteiger partial charge in [0.2, 0.25) is 5.78 Å². The van der Waals surface area contributed by atoms with E-state index >= 15 is 0 Å². The van der Waals surface area contributed by atoms with Crippen molar-refractivity contribution in [2.24, 2.45) is 0 Å². The van der Waals surface area contributed by atoms with Crippen LogP contribution in [-0.2, 0) is 26.4 Å². The Kier molecular flexibility index (Phi) is 6.19. The summed E-state index contributed by atoms with van der Waals surface area (Å²) in [5, 5.41) is 0. The number of hydrogen-bond donors (Lipinski definition) is 1. The first-order chi connectivity index (χ1) is 13.8. The number of halogens is 1. The van der Waals surface area contributed by atoms with E-state index in [1.54, 1.807) is 30.3 Å². The second-order valence-corrected chi connectivity index (χ2v) is 7.78. The summed E-state index contributed by atoms with van der Waals surface area (Å²) in [7, 11) is 1.38. The average molecular weight is 418 g/mol. The molecule has 0 aliphatic carbocycles. The molecule has 1 aliphatic rings. The molecular formula is C22H23FO5S. The van der Waals surface area contributed by atoms with Crippen molar-refractivity contribution in [1.82, 2.24) is 0 Å². The zero-order chi connectivity index (χ0) is 21.2. The Morgan fingerprint density at radius 1 is 1.10 bits per heavy atom. The molecule has 29 heavy (non-hydrogen) atoms. The van der Waals surface area contributed by atoms with Gasteiger partial charge < -0.3 is 14.0 Å². The minimum atomic E-state index is -1.94. The lowest BCUT2D eigenvalue weighted by Crippen LogP contribution is -2.35. The Morgan fingerprint density at radius 2 is 1.72 bits per heavy atom. The van der Waals surface area contributed by atoms with Crippen molar-refractivity contribution in [2.75, 3.05) is 7.11 Å². The molecule has 7 heteroatoms. The van der Waals surface area contributed by atoms with E-state index in [0.29, 0.717) is 40.9 Å². The lowest BCUT2D eigenvalue weighted by molar-refractivity contribution is -0.128. The molecule has 1 aliphatic heterocycles. The number of ketones is 1. The second-order valence-electron chi connectivity index (χ2n) is 6.85. The van der Waals surface area contributed by atoms with Crippen LogP contribution in [0.25, 0.3) is 11.3 Å². The van der Waals surface area contributed by atoms with E-state index in [1.165, 1.54) is 19.2 Å². The van der Waals surface area contributed by atoms with Crippen molar-refractivity contribution >= 4 is 28.2 Å². The van der Waals surface area contributed by atoms with Gasteiger partial charge in [0.15, 0.2) is 28.2 Å². The summed E-state index contributed by atoms with van der Waals surface area (Å²) in [5.41, 5.74) is 1.10. The molecule has 2 aromatic rings. The molecule has 0 fully saturated rings. The summed E-state index contributed by atoms with van der Waals surface area (Å²) >= 11 is -1.94. The van der Waals surface area contributed by atoms with Gasteiger partial charge in [0.1, 0.15) is 5.76 Å². The number of carbonyl (C=O) groups is 1. The van der Waals surface area contributed by atoms with Crippen molar-refractivity contribution in [1.29, 1.82) is 0 Å². The quantitative estimate of drug-likeness (QED) is 0.666. The van der Waals surface area contributed by atoms with Crippen LogP contribution in [0.15, 0.2) is 42.5 Å². The highest BCUT2D eigenvalue weighted by Gasteiger charge is 2.47. The van der Waals surface area contributed by atoms with E-state index in [0.717, 1.165) is 0 Å². The highest BCUT2D eigenvalue weighted by molar-refractivity contribution is 7.78. The number of benzene rings is 2. The van der Waals surface area contributed by atoms with Gasteiger partial charge in [-0.1, -0.05) is 44.2 Å². The molecule has 1 heterocycles. The number of rotatable bonds is 7. The molecule has 0 aromatic heterocycles. The predicted molar refractivity (Wildman–Crippen MR) is 110 cm³/mol. The molecule has 0 radical (unpaired) electrons. The summed E-state index contributed by atoms with van der Waals surface area (Å²) in [6.45, 7) is 3.77. The first-order valence-corrected chi connectivity index (χ1v) is 10.6. The van der Waals surface area contributed by atoms with Crippen molar-refractivity contribution in [2.45, 2.75) is 38.0 Å². The van der Waals surface area contributed by atoms with Crippen LogP contribution >= 0.6 is 0 Å². The first-order valence-electron chi connectivity index (χ1n) is 9.34. The van der Waals surface area contributed by atoms with Gasteiger partial charge in [-0.2, -0.15) is 0 Å². The van der Waals surface area contributed by atoms with Crippen LogP contribution < -0.4 is 4.74 Å². The van der Waals surface area contributed by atoms with Crippen LogP contribution in [0.1, 0.15) is 43.4 Å². The van der Waals surface area contributed by atoms with Crippen LogP contribution in [0, 0.1) is 5.82 Å². The number of hydrogen-bond acceptors (Lipinski definition) is 4. The van der Waals surface area contributed by atoms with Crippen LogP contribution in [0.4, 0.5) is 4.39 Å². The number of carbonyl (C=O) groups excluding carboxylic acids is 1. The van der Waals surface area contributed by atoms with E-state index < -0.39 is 22.5 Å². The van der Waals surface area contributed by atoms with Crippen LogP contribution in [-0.4, -0.2) is 27.3 Å². The topological polar surface area (TPSA) is 72.8 Å². The summed E-state index contributed by atoms with van der Waals surface area (Å²) in [4.78, 5) is 13.3. The Hall–Kier alpha value is -2.51. The standard InChI is InChI=1S/C22H23FO5S/c1-4-22(5-2)21(24)19(16-10-11-18(27-3)17(23)12-16)20(28-22)15-8-6-14(7-9-15)13-29(25)26/h6-12H,4-5,13H2,1-3H3,(H,25,26). The zero-order valence-electron chi connectivity index (χ0n) is 16.5. The molecule has 2 aromatic carbocycles. The molecule has 5 nitrogen and oxygen atoms in total. The van der Waals surface area contributed by atoms with Gasteiger partial charge in [0, 0.05) is 5.56 Å². The molecule has 0 amide bonds. The molecule has 0 saturated carbocycles. The van der Waals surface area contributed by atoms with E-state index in [2.05, 4.69) is 0 Å². The molecule has 3 rings (SSSR count). The fraction of sp³-hybridized carbons (Fsp3) is 0.318. The van der Waals surface area contributed by atoms with Crippen molar-refractivity contribution in [3.8, 4) is 5.75 Å². The van der Waals surface area contributed by atoms with Gasteiger partial charge in [-0.3, -0.25) is 4.79 Å². The Balaban J connectivity index is 2.13. The predicted octanol–water partition coefficient (Wildman–Crippen LogP) is 4.58. The Labute approximate surface area is 171 Å². The largest absolute Gasteiger partial charge is 0.494 e. The normalized spacial score (nSPS) is 16.7. The second kappa shape index (κ2) is 8.47. The van der Waals surface area contributed by atoms with E-state index in [9.17, 15) is 13.4 Å². The highest BCUT2D eigenvalue weighted by Crippen LogP contribution is 2.45. The molecule has 0 spiro atoms. The third-order valence-corrected chi connectivity index (χ3v) is 5.83. The Morgan fingerprint density at radius 3 is 2.24 bits per heavy atom. The summed E-state index contributed by atoms with van der Waals surface area (Å²) in [5.74, 6) is -0.233. The van der Waals surface area contributed by atoms with Crippen LogP contribution in [0.5, 0.6) is 5.75 Å². The lowest BCUT2D eigenvalue weighted by Gasteiger charge is -2.25. The van der Waals surface area contributed by atoms with E-state index in [1.807, 2.05) is 13.8 Å². The molecule has 0 saturated heterocycles. The van der Waals surface area contributed by atoms with Gasteiger partial charge in [-0.05, 0) is 36.1 Å². The molecule has 154 valence electrons. The summed E-state index contributed by atoms with van der Waals surface area (Å²) in [6, 6.07) is 11.3. The van der Waals surface area contributed by atoms with Crippen LogP contribution in [0.3, 0.4) is 0 Å². The molecule has 1 atom stereocenters. The minimum absolute atomic E-state index is 0.0174. The first kappa shape index (κ1) is 21.2. The third kappa shape index (κ3) is 3.97. The molecular weight excluding hydrogens is 395 g/mol. The van der Waals surface area contributed by atoms with E-state index in [4.69, 9.17) is 14.0 Å². The minimum Gasteiger partial charge on any atom is -0.494 e. The van der Waals surface area contributed by atoms with Gasteiger partial charge in [0.25, 0.3) is 0 Å². The van der Waals surface area contributed by atoms with Crippen molar-refractivity contribution in [3.05, 3.63) is 65.0 Å². The summed E-state index contributed by atoms with van der Waals surface area (Å²) in [6.07, 6.45) is 0.963. The Bertz CT molecular complexity index is 977. The maximum absolute atomic E-state index is 14.3. The monoisotopic (exact) mass is 418 g/mol. The van der Waals surface area contributed by atoms with E-state index in [-0.39, 0.29) is 17.3 Å². The average Bonchev–Trinajstić information content (AvgIpc) is 3.01. The van der Waals surface area contributed by atoms with Gasteiger partial charge in [-0.25, -0.2) is 8.60 Å². The molecule has 1 unspecified atom stereocenters. The number of methoxy groups -OCH3 is 1. The zero-order valence-corrected chi connectivity index (χ0v) is 17.3. The molecule has 1 N–H and O–H groups in total. The maximum atomic E-state index is 14.3. The third-order valence-electron chi connectivity index (χ3n) is 5.25. The van der Waals surface area contributed by atoms with Crippen molar-refractivity contribution < 1.29 is 27.4 Å². The van der Waals surface area contributed by atoms with Gasteiger partial charge in [0.05, 0.1) is 18.4 Å². The molecule has 0 bridgehead atoms. The summed E-state index contributed by atoms with van der Waals surface area (Å²) < 4.78 is 45.6. The fourth-order valence-corrected chi connectivity index (χ4v) is 4.00.